The minimum absolute atomic E-state index is 0.168. The molecule has 0 spiro atoms. The Hall–Kier alpha value is -2.11. The van der Waals surface area contributed by atoms with Crippen LogP contribution in [0.25, 0.3) is 0 Å². The number of carbonyl (C=O) groups is 1. The summed E-state index contributed by atoms with van der Waals surface area (Å²) in [7, 11) is 1.62. The first-order valence-electron chi connectivity index (χ1n) is 8.38. The molecule has 1 aliphatic heterocycles. The Balaban J connectivity index is 1.49. The fourth-order valence-corrected chi connectivity index (χ4v) is 3.06. The van der Waals surface area contributed by atoms with E-state index in [2.05, 4.69) is 9.88 Å². The van der Waals surface area contributed by atoms with Gasteiger partial charge in [0.05, 0.1) is 19.2 Å². The minimum atomic E-state index is 0.168. The highest BCUT2D eigenvalue weighted by Gasteiger charge is 2.21. The van der Waals surface area contributed by atoms with Crippen LogP contribution < -0.4 is 4.74 Å². The maximum atomic E-state index is 12.4. The molecule has 2 heterocycles. The Morgan fingerprint density at radius 1 is 1.12 bits per heavy atom. The molecule has 0 unspecified atom stereocenters. The molecule has 1 amide bonds. The predicted molar refractivity (Wildman–Crippen MR) is 97.8 cm³/mol. The van der Waals surface area contributed by atoms with E-state index in [1.54, 1.807) is 7.11 Å². The number of methoxy groups -OCH3 is 1. The van der Waals surface area contributed by atoms with Crippen LogP contribution in [0.15, 0.2) is 42.5 Å². The monoisotopic (exact) mass is 359 g/mol. The lowest BCUT2D eigenvalue weighted by atomic mass is 10.1. The van der Waals surface area contributed by atoms with Crippen LogP contribution in [0.2, 0.25) is 5.02 Å². The second-order valence-electron chi connectivity index (χ2n) is 6.13. The van der Waals surface area contributed by atoms with E-state index in [0.29, 0.717) is 17.3 Å². The third kappa shape index (κ3) is 4.94. The van der Waals surface area contributed by atoms with Crippen molar-refractivity contribution in [2.24, 2.45) is 0 Å². The first kappa shape index (κ1) is 17.7. The van der Waals surface area contributed by atoms with Crippen LogP contribution in [0.3, 0.4) is 0 Å². The van der Waals surface area contributed by atoms with Gasteiger partial charge in [0.25, 0.3) is 0 Å². The normalized spacial score (nSPS) is 15.2. The largest absolute Gasteiger partial charge is 0.481 e. The van der Waals surface area contributed by atoms with Gasteiger partial charge < -0.3 is 9.64 Å². The van der Waals surface area contributed by atoms with Crippen molar-refractivity contribution in [3.8, 4) is 5.88 Å². The molecule has 0 N–H and O–H groups in total. The molecule has 3 rings (SSSR count). The fourth-order valence-electron chi connectivity index (χ4n) is 2.93. The van der Waals surface area contributed by atoms with Crippen molar-refractivity contribution in [2.75, 3.05) is 33.3 Å². The van der Waals surface area contributed by atoms with Gasteiger partial charge in [-0.25, -0.2) is 4.98 Å². The van der Waals surface area contributed by atoms with Crippen molar-refractivity contribution >= 4 is 17.5 Å². The molecule has 5 nitrogen and oxygen atoms in total. The van der Waals surface area contributed by atoms with Crippen LogP contribution in [0.4, 0.5) is 0 Å². The molecule has 0 radical (unpaired) electrons. The maximum absolute atomic E-state index is 12.4. The van der Waals surface area contributed by atoms with E-state index in [-0.39, 0.29) is 5.91 Å². The molecule has 132 valence electrons. The van der Waals surface area contributed by atoms with E-state index in [9.17, 15) is 4.79 Å². The maximum Gasteiger partial charge on any atom is 0.227 e. The lowest BCUT2D eigenvalue weighted by molar-refractivity contribution is -0.132. The number of pyridine rings is 1. The molecule has 1 aromatic heterocycles. The van der Waals surface area contributed by atoms with Gasteiger partial charge in [-0.3, -0.25) is 9.69 Å². The number of rotatable bonds is 5. The van der Waals surface area contributed by atoms with Gasteiger partial charge in [-0.05, 0) is 23.8 Å². The number of carbonyl (C=O) groups excluding carboxylic acids is 1. The van der Waals surface area contributed by atoms with E-state index in [4.69, 9.17) is 16.3 Å². The summed E-state index contributed by atoms with van der Waals surface area (Å²) < 4.78 is 5.17. The van der Waals surface area contributed by atoms with E-state index < -0.39 is 0 Å². The van der Waals surface area contributed by atoms with Crippen LogP contribution in [-0.2, 0) is 17.8 Å². The standard InChI is InChI=1S/C19H22ClN3O2/c1-25-18-4-2-3-17(21-18)14-22-9-11-23(12-10-22)19(24)13-15-5-7-16(20)8-6-15/h2-8H,9-14H2,1H3. The van der Waals surface area contributed by atoms with Gasteiger partial charge in [-0.2, -0.15) is 0 Å². The fraction of sp³-hybridized carbons (Fsp3) is 0.368. The van der Waals surface area contributed by atoms with Crippen molar-refractivity contribution in [2.45, 2.75) is 13.0 Å². The van der Waals surface area contributed by atoms with Crippen molar-refractivity contribution in [3.05, 3.63) is 58.7 Å². The minimum Gasteiger partial charge on any atom is -0.481 e. The number of hydrogen-bond donors (Lipinski definition) is 0. The molecule has 0 atom stereocenters. The molecule has 2 aromatic rings. The van der Waals surface area contributed by atoms with Gasteiger partial charge in [-0.1, -0.05) is 29.8 Å². The Bertz CT molecular complexity index is 713. The zero-order valence-corrected chi connectivity index (χ0v) is 15.1. The summed E-state index contributed by atoms with van der Waals surface area (Å²) in [4.78, 5) is 21.1. The average Bonchev–Trinajstić information content (AvgIpc) is 2.64. The number of aromatic nitrogens is 1. The summed E-state index contributed by atoms with van der Waals surface area (Å²) in [5.74, 6) is 0.802. The number of piperazine rings is 1. The summed E-state index contributed by atoms with van der Waals surface area (Å²) >= 11 is 5.88. The summed E-state index contributed by atoms with van der Waals surface area (Å²) in [6.07, 6.45) is 0.425. The topological polar surface area (TPSA) is 45.7 Å². The number of benzene rings is 1. The van der Waals surface area contributed by atoms with Crippen molar-refractivity contribution in [1.29, 1.82) is 0 Å². The molecular formula is C19H22ClN3O2. The van der Waals surface area contributed by atoms with E-state index in [1.165, 1.54) is 0 Å². The smallest absolute Gasteiger partial charge is 0.227 e. The van der Waals surface area contributed by atoms with Gasteiger partial charge >= 0.3 is 0 Å². The van der Waals surface area contributed by atoms with Crippen LogP contribution in [0.5, 0.6) is 5.88 Å². The molecule has 0 aliphatic carbocycles. The predicted octanol–water partition coefficient (Wildman–Crippen LogP) is 2.63. The number of hydrogen-bond acceptors (Lipinski definition) is 4. The van der Waals surface area contributed by atoms with Crippen molar-refractivity contribution < 1.29 is 9.53 Å². The molecule has 25 heavy (non-hydrogen) atoms. The van der Waals surface area contributed by atoms with Gasteiger partial charge in [0.2, 0.25) is 11.8 Å². The highest BCUT2D eigenvalue weighted by atomic mass is 35.5. The van der Waals surface area contributed by atoms with E-state index >= 15 is 0 Å². The molecule has 1 fully saturated rings. The highest BCUT2D eigenvalue weighted by molar-refractivity contribution is 6.30. The zero-order valence-electron chi connectivity index (χ0n) is 14.3. The second kappa shape index (κ2) is 8.32. The van der Waals surface area contributed by atoms with Gasteiger partial charge in [0.1, 0.15) is 0 Å². The number of halogens is 1. The molecule has 1 aliphatic rings. The zero-order chi connectivity index (χ0) is 17.6. The van der Waals surface area contributed by atoms with Crippen molar-refractivity contribution in [3.63, 3.8) is 0 Å². The van der Waals surface area contributed by atoms with Crippen LogP contribution >= 0.6 is 11.6 Å². The van der Waals surface area contributed by atoms with Crippen LogP contribution in [-0.4, -0.2) is 54.0 Å². The molecule has 1 saturated heterocycles. The van der Waals surface area contributed by atoms with E-state index in [1.807, 2.05) is 47.4 Å². The van der Waals surface area contributed by atoms with E-state index in [0.717, 1.165) is 44.0 Å². The molecule has 1 aromatic carbocycles. The van der Waals surface area contributed by atoms with Crippen LogP contribution in [0.1, 0.15) is 11.3 Å². The first-order chi connectivity index (χ1) is 12.1. The number of nitrogens with zero attached hydrogens (tertiary/aromatic N) is 3. The summed E-state index contributed by atoms with van der Waals surface area (Å²) in [6, 6.07) is 13.3. The third-order valence-electron chi connectivity index (χ3n) is 4.37. The lowest BCUT2D eigenvalue weighted by Gasteiger charge is -2.34. The van der Waals surface area contributed by atoms with Gasteiger partial charge in [0.15, 0.2) is 0 Å². The van der Waals surface area contributed by atoms with Gasteiger partial charge in [0, 0.05) is 43.8 Å². The quantitative estimate of drug-likeness (QED) is 0.823. The Labute approximate surface area is 153 Å². The van der Waals surface area contributed by atoms with Gasteiger partial charge in [-0.15, -0.1) is 0 Å². The Morgan fingerprint density at radius 3 is 2.52 bits per heavy atom. The molecule has 0 bridgehead atoms. The summed E-state index contributed by atoms with van der Waals surface area (Å²) in [6.45, 7) is 3.97. The summed E-state index contributed by atoms with van der Waals surface area (Å²) in [5.41, 5.74) is 1.98. The summed E-state index contributed by atoms with van der Waals surface area (Å²) in [5, 5.41) is 0.691. The average molecular weight is 360 g/mol. The Kier molecular flexibility index (Phi) is 5.89. The second-order valence-corrected chi connectivity index (χ2v) is 6.57. The first-order valence-corrected chi connectivity index (χ1v) is 8.76. The lowest BCUT2D eigenvalue weighted by Crippen LogP contribution is -2.48. The Morgan fingerprint density at radius 2 is 1.84 bits per heavy atom. The molecule has 6 heteroatoms. The highest BCUT2D eigenvalue weighted by Crippen LogP contribution is 2.13. The molecule has 0 saturated carbocycles. The van der Waals surface area contributed by atoms with Crippen LogP contribution in [0, 0.1) is 0 Å². The van der Waals surface area contributed by atoms with Crippen molar-refractivity contribution in [1.82, 2.24) is 14.8 Å². The number of amides is 1. The number of ether oxygens (including phenoxy) is 1. The molecular weight excluding hydrogens is 338 g/mol. The SMILES string of the molecule is COc1cccc(CN2CCN(C(=O)Cc3ccc(Cl)cc3)CC2)n1. The third-order valence-corrected chi connectivity index (χ3v) is 4.62.